The Hall–Kier alpha value is -5.01. The molecule has 0 saturated carbocycles. The van der Waals surface area contributed by atoms with Crippen molar-refractivity contribution in [2.24, 2.45) is 0 Å². The predicted octanol–water partition coefficient (Wildman–Crippen LogP) is 3.42. The first-order valence-corrected chi connectivity index (χ1v) is 15.6. The lowest BCUT2D eigenvalue weighted by Gasteiger charge is -2.49. The topological polar surface area (TPSA) is 159 Å². The summed E-state index contributed by atoms with van der Waals surface area (Å²) in [7, 11) is 0. The van der Waals surface area contributed by atoms with Gasteiger partial charge in [0.1, 0.15) is 29.8 Å². The van der Waals surface area contributed by atoms with Gasteiger partial charge in [0, 0.05) is 23.8 Å². The molecule has 0 spiro atoms. The molecule has 0 bridgehead atoms. The van der Waals surface area contributed by atoms with Crippen molar-refractivity contribution in [1.82, 2.24) is 15.5 Å². The Bertz CT molecular complexity index is 1700. The van der Waals surface area contributed by atoms with E-state index in [4.69, 9.17) is 4.74 Å². The minimum Gasteiger partial charge on any atom is -0.477 e. The van der Waals surface area contributed by atoms with E-state index >= 15 is 0 Å². The Morgan fingerprint density at radius 1 is 1.04 bits per heavy atom. The Morgan fingerprint density at radius 3 is 2.42 bits per heavy atom. The molecule has 3 amide bonds. The number of carboxylic acids is 1. The van der Waals surface area contributed by atoms with Crippen LogP contribution in [0.3, 0.4) is 0 Å². The molecular weight excluding hydrogens is 618 g/mol. The van der Waals surface area contributed by atoms with Crippen LogP contribution in [0.4, 0.5) is 0 Å². The molecule has 0 aliphatic carbocycles. The number of rotatable bonds is 11. The van der Waals surface area contributed by atoms with Crippen molar-refractivity contribution >= 4 is 64.6 Å². The summed E-state index contributed by atoms with van der Waals surface area (Å²) in [5.41, 5.74) is 1.47. The first-order chi connectivity index (χ1) is 21.6. The molecule has 5 rings (SSSR count). The van der Waals surface area contributed by atoms with E-state index in [-0.39, 0.29) is 35.0 Å². The van der Waals surface area contributed by atoms with Crippen LogP contribution in [-0.4, -0.2) is 69.2 Å². The molecule has 1 unspecified atom stereocenters. The number of thiophene rings is 1. The zero-order valence-electron chi connectivity index (χ0n) is 23.8. The summed E-state index contributed by atoms with van der Waals surface area (Å²) >= 11 is 2.58. The fourth-order valence-electron chi connectivity index (χ4n) is 4.80. The summed E-state index contributed by atoms with van der Waals surface area (Å²) in [5.74, 6) is -3.68. The molecule has 2 aliphatic heterocycles. The SMILES string of the molecule is CC(=O)OCC1=C(C(=O)O)N2C(=O)[C@@H](NC(=O)C(NC(=O)c3ccc(C=CC(=O)c4cccs4)cc3)c3ccccc3)[C@H]2SC1. The molecular formula is C32H27N3O8S2. The van der Waals surface area contributed by atoms with Crippen molar-refractivity contribution in [2.75, 3.05) is 12.4 Å². The van der Waals surface area contributed by atoms with E-state index in [0.29, 0.717) is 16.0 Å². The normalized spacial score (nSPS) is 18.1. The van der Waals surface area contributed by atoms with Crippen LogP contribution in [0.1, 0.15) is 44.1 Å². The molecule has 1 saturated heterocycles. The highest BCUT2D eigenvalue weighted by molar-refractivity contribution is 8.00. The molecule has 1 aromatic heterocycles. The third-order valence-corrected chi connectivity index (χ3v) is 9.26. The number of allylic oxidation sites excluding steroid dienone is 1. The summed E-state index contributed by atoms with van der Waals surface area (Å²) in [5, 5.41) is 16.3. The number of carbonyl (C=O) groups excluding carboxylic acids is 5. The fraction of sp³-hybridized carbons (Fsp3) is 0.188. The number of esters is 1. The Balaban J connectivity index is 1.28. The molecule has 0 radical (unpaired) electrons. The van der Waals surface area contributed by atoms with Gasteiger partial charge in [0.2, 0.25) is 5.91 Å². The average Bonchev–Trinajstić information content (AvgIpc) is 3.59. The van der Waals surface area contributed by atoms with Gasteiger partial charge in [0.05, 0.1) is 4.88 Å². The third kappa shape index (κ3) is 7.05. The first kappa shape index (κ1) is 31.4. The molecule has 3 heterocycles. The number of nitrogens with one attached hydrogen (secondary N) is 2. The number of carbonyl (C=O) groups is 6. The van der Waals surface area contributed by atoms with Gasteiger partial charge in [-0.05, 0) is 40.8 Å². The number of nitrogens with zero attached hydrogens (tertiary/aromatic N) is 1. The van der Waals surface area contributed by atoms with Crippen LogP contribution in [0.25, 0.3) is 6.08 Å². The summed E-state index contributed by atoms with van der Waals surface area (Å²) in [6, 6.07) is 16.4. The summed E-state index contributed by atoms with van der Waals surface area (Å²) in [4.78, 5) is 77.1. The van der Waals surface area contributed by atoms with Crippen molar-refractivity contribution < 1.29 is 38.6 Å². The van der Waals surface area contributed by atoms with Gasteiger partial charge in [-0.25, -0.2) is 4.79 Å². The van der Waals surface area contributed by atoms with Crippen molar-refractivity contribution in [2.45, 2.75) is 24.4 Å². The highest BCUT2D eigenvalue weighted by Gasteiger charge is 2.54. The van der Waals surface area contributed by atoms with Crippen LogP contribution in [0.5, 0.6) is 0 Å². The maximum absolute atomic E-state index is 13.6. The lowest BCUT2D eigenvalue weighted by Crippen LogP contribution is -2.71. The maximum Gasteiger partial charge on any atom is 0.352 e. The summed E-state index contributed by atoms with van der Waals surface area (Å²) in [6.07, 6.45) is 3.11. The first-order valence-electron chi connectivity index (χ1n) is 13.7. The average molecular weight is 646 g/mol. The van der Waals surface area contributed by atoms with Crippen molar-refractivity contribution in [3.8, 4) is 0 Å². The van der Waals surface area contributed by atoms with Gasteiger partial charge in [0.25, 0.3) is 11.8 Å². The molecule has 3 atom stereocenters. The highest BCUT2D eigenvalue weighted by Crippen LogP contribution is 2.40. The molecule has 230 valence electrons. The number of amides is 3. The molecule has 2 aliphatic rings. The van der Waals surface area contributed by atoms with Crippen LogP contribution in [0.15, 0.2) is 89.5 Å². The predicted molar refractivity (Wildman–Crippen MR) is 167 cm³/mol. The third-order valence-electron chi connectivity index (χ3n) is 7.03. The number of benzene rings is 2. The second kappa shape index (κ2) is 13.7. The quantitative estimate of drug-likeness (QED) is 0.123. The van der Waals surface area contributed by atoms with Crippen LogP contribution in [0, 0.1) is 0 Å². The van der Waals surface area contributed by atoms with Crippen molar-refractivity contribution in [3.63, 3.8) is 0 Å². The standard InChI is InChI=1S/C32H27N3O8S2/c1-18(36)43-16-22-17-45-31-26(30(40)35(31)27(22)32(41)42)34-29(39)25(20-6-3-2-4-7-20)33-28(38)21-12-9-19(10-13-21)11-14-23(37)24-8-5-15-44-24/h2-15,25-26,31H,16-17H2,1H3,(H,33,38)(H,34,39)(H,41,42)/t25?,26-,31-/m1/s1. The van der Waals surface area contributed by atoms with E-state index in [1.165, 1.54) is 36.1 Å². The zero-order valence-corrected chi connectivity index (χ0v) is 25.4. The molecule has 11 nitrogen and oxygen atoms in total. The Morgan fingerprint density at radius 2 is 1.78 bits per heavy atom. The molecule has 2 aromatic carbocycles. The highest BCUT2D eigenvalue weighted by atomic mass is 32.2. The minimum atomic E-state index is -1.34. The van der Waals surface area contributed by atoms with E-state index in [0.717, 1.165) is 4.90 Å². The molecule has 3 N–H and O–H groups in total. The second-order valence-corrected chi connectivity index (χ2v) is 12.1. The number of fused-ring (bicyclic) bond motifs is 1. The largest absolute Gasteiger partial charge is 0.477 e. The van der Waals surface area contributed by atoms with Crippen LogP contribution in [-0.2, 0) is 23.9 Å². The second-order valence-electron chi connectivity index (χ2n) is 10.0. The maximum atomic E-state index is 13.6. The number of hydrogen-bond donors (Lipinski definition) is 3. The van der Waals surface area contributed by atoms with E-state index in [2.05, 4.69) is 10.6 Å². The van der Waals surface area contributed by atoms with Gasteiger partial charge in [-0.3, -0.25) is 28.9 Å². The lowest BCUT2D eigenvalue weighted by molar-refractivity contribution is -0.151. The van der Waals surface area contributed by atoms with Gasteiger partial charge < -0.3 is 20.5 Å². The van der Waals surface area contributed by atoms with Crippen molar-refractivity contribution in [3.05, 3.63) is 111 Å². The van der Waals surface area contributed by atoms with Crippen LogP contribution < -0.4 is 10.6 Å². The number of hydrogen-bond acceptors (Lipinski definition) is 9. The van der Waals surface area contributed by atoms with Gasteiger partial charge in [-0.15, -0.1) is 23.1 Å². The van der Waals surface area contributed by atoms with Crippen LogP contribution >= 0.6 is 23.1 Å². The zero-order chi connectivity index (χ0) is 32.1. The summed E-state index contributed by atoms with van der Waals surface area (Å²) < 4.78 is 4.95. The van der Waals surface area contributed by atoms with Gasteiger partial charge in [0.15, 0.2) is 5.78 Å². The fourth-order valence-corrected chi connectivity index (χ4v) is 6.77. The lowest BCUT2D eigenvalue weighted by atomic mass is 10.0. The molecule has 1 fully saturated rings. The monoisotopic (exact) mass is 645 g/mol. The number of ketones is 1. The van der Waals surface area contributed by atoms with Crippen molar-refractivity contribution in [1.29, 1.82) is 0 Å². The number of aliphatic carboxylic acids is 1. The number of carboxylic acid groups (broad SMARTS) is 1. The molecule has 13 heteroatoms. The van der Waals surface area contributed by atoms with E-state index < -0.39 is 47.1 Å². The van der Waals surface area contributed by atoms with Gasteiger partial charge in [-0.1, -0.05) is 54.6 Å². The van der Waals surface area contributed by atoms with Gasteiger partial charge >= 0.3 is 11.9 Å². The van der Waals surface area contributed by atoms with E-state index in [1.807, 2.05) is 5.38 Å². The molecule has 3 aromatic rings. The molecule has 45 heavy (non-hydrogen) atoms. The van der Waals surface area contributed by atoms with Gasteiger partial charge in [-0.2, -0.15) is 0 Å². The van der Waals surface area contributed by atoms with Crippen LogP contribution in [0.2, 0.25) is 0 Å². The number of thioether (sulfide) groups is 1. The smallest absolute Gasteiger partial charge is 0.352 e. The number of β-lactam (4-membered cyclic amide) rings is 1. The summed E-state index contributed by atoms with van der Waals surface area (Å²) in [6.45, 7) is 0.941. The Kier molecular flexibility index (Phi) is 9.59. The number of ether oxygens (including phenoxy) is 1. The van der Waals surface area contributed by atoms with E-state index in [1.54, 1.807) is 72.8 Å². The minimum absolute atomic E-state index is 0.124. The van der Waals surface area contributed by atoms with E-state index in [9.17, 15) is 33.9 Å². The Labute approximate surface area is 265 Å².